The summed E-state index contributed by atoms with van der Waals surface area (Å²) in [4.78, 5) is 16.8. The average Bonchev–Trinajstić information content (AvgIpc) is 3.14. The molecule has 0 aliphatic carbocycles. The van der Waals surface area contributed by atoms with E-state index in [-0.39, 0.29) is 22.1 Å². The second-order valence-corrected chi connectivity index (χ2v) is 11.5. The van der Waals surface area contributed by atoms with Crippen molar-refractivity contribution in [1.82, 2.24) is 10.3 Å². The highest BCUT2D eigenvalue weighted by molar-refractivity contribution is 7.90. The summed E-state index contributed by atoms with van der Waals surface area (Å²) >= 11 is 1.34. The third kappa shape index (κ3) is 6.85. The highest BCUT2D eigenvalue weighted by Gasteiger charge is 2.10. The summed E-state index contributed by atoms with van der Waals surface area (Å²) in [6.45, 7) is 0.398. The van der Waals surface area contributed by atoms with Gasteiger partial charge < -0.3 is 10.6 Å². The topological polar surface area (TPSA) is 148 Å². The van der Waals surface area contributed by atoms with Gasteiger partial charge in [0, 0.05) is 23.9 Å². The zero-order valence-electron chi connectivity index (χ0n) is 17.1. The van der Waals surface area contributed by atoms with Gasteiger partial charge in [-0.1, -0.05) is 12.1 Å². The van der Waals surface area contributed by atoms with Crippen LogP contribution in [0.5, 0.6) is 0 Å². The van der Waals surface area contributed by atoms with Crippen LogP contribution in [0.4, 0.5) is 10.8 Å². The van der Waals surface area contributed by atoms with E-state index < -0.39 is 19.9 Å². The van der Waals surface area contributed by atoms with E-state index in [1.807, 2.05) is 0 Å². The van der Waals surface area contributed by atoms with Gasteiger partial charge in [-0.3, -0.25) is 4.79 Å². The van der Waals surface area contributed by atoms with Gasteiger partial charge in [0.15, 0.2) is 15.0 Å². The highest BCUT2D eigenvalue weighted by atomic mass is 32.2. The minimum absolute atomic E-state index is 0.0459. The van der Waals surface area contributed by atoms with E-state index in [2.05, 4.69) is 15.6 Å². The lowest BCUT2D eigenvalue weighted by Gasteiger charge is -2.05. The molecule has 0 atom stereocenters. The Morgan fingerprint density at radius 3 is 2.22 bits per heavy atom. The van der Waals surface area contributed by atoms with Crippen molar-refractivity contribution < 1.29 is 21.6 Å². The molecule has 0 saturated carbocycles. The first kappa shape index (κ1) is 23.9. The quantitative estimate of drug-likeness (QED) is 0.411. The molecule has 3 rings (SSSR count). The molecule has 1 heterocycles. The van der Waals surface area contributed by atoms with Crippen LogP contribution in [-0.4, -0.2) is 40.5 Å². The molecule has 3 aromatic rings. The van der Waals surface area contributed by atoms with Crippen molar-refractivity contribution in [3.63, 3.8) is 0 Å². The number of nitrogens with two attached hydrogens (primary N) is 1. The van der Waals surface area contributed by atoms with Gasteiger partial charge in [0.1, 0.15) is 0 Å². The minimum Gasteiger partial charge on any atom is -0.355 e. The zero-order chi connectivity index (χ0) is 23.4. The van der Waals surface area contributed by atoms with Crippen molar-refractivity contribution in [3.05, 3.63) is 65.2 Å². The van der Waals surface area contributed by atoms with Crippen molar-refractivity contribution in [1.29, 1.82) is 0 Å². The van der Waals surface area contributed by atoms with Gasteiger partial charge in [0.25, 0.3) is 0 Å². The maximum Gasteiger partial charge on any atom is 0.238 e. The zero-order valence-corrected chi connectivity index (χ0v) is 19.6. The summed E-state index contributed by atoms with van der Waals surface area (Å²) < 4.78 is 45.6. The fraction of sp³-hybridized carbons (Fsp3) is 0.200. The molecule has 0 aliphatic rings. The Labute approximate surface area is 190 Å². The van der Waals surface area contributed by atoms with E-state index in [1.165, 1.54) is 35.6 Å². The maximum atomic E-state index is 12.2. The number of benzene rings is 2. The Kier molecular flexibility index (Phi) is 7.29. The van der Waals surface area contributed by atoms with Crippen molar-refractivity contribution in [2.45, 2.75) is 22.6 Å². The molecular weight excluding hydrogens is 472 g/mol. The number of sulfonamides is 1. The van der Waals surface area contributed by atoms with E-state index in [0.29, 0.717) is 29.5 Å². The molecule has 0 aliphatic heterocycles. The van der Waals surface area contributed by atoms with Gasteiger partial charge in [0.05, 0.1) is 21.9 Å². The lowest BCUT2D eigenvalue weighted by atomic mass is 10.1. The molecule has 170 valence electrons. The Morgan fingerprint density at radius 2 is 1.62 bits per heavy atom. The number of nitrogens with zero attached hydrogens (tertiary/aromatic N) is 1. The van der Waals surface area contributed by atoms with Crippen molar-refractivity contribution >= 4 is 47.9 Å². The monoisotopic (exact) mass is 494 g/mol. The molecule has 4 N–H and O–H groups in total. The molecule has 0 bridgehead atoms. The number of hydrogen-bond donors (Lipinski definition) is 3. The lowest BCUT2D eigenvalue weighted by molar-refractivity contribution is -0.120. The Bertz CT molecular complexity index is 1300. The van der Waals surface area contributed by atoms with Gasteiger partial charge >= 0.3 is 0 Å². The normalized spacial score (nSPS) is 11.8. The van der Waals surface area contributed by atoms with E-state index >= 15 is 0 Å². The number of rotatable bonds is 9. The van der Waals surface area contributed by atoms with Crippen LogP contribution in [0, 0.1) is 0 Å². The number of sulfone groups is 1. The Morgan fingerprint density at radius 1 is 1.00 bits per heavy atom. The van der Waals surface area contributed by atoms with Crippen molar-refractivity contribution in [2.75, 3.05) is 18.1 Å². The number of primary sulfonamides is 1. The molecule has 2 aromatic carbocycles. The highest BCUT2D eigenvalue weighted by Crippen LogP contribution is 2.22. The van der Waals surface area contributed by atoms with Crippen LogP contribution in [0.3, 0.4) is 0 Å². The van der Waals surface area contributed by atoms with Crippen LogP contribution < -0.4 is 15.8 Å². The largest absolute Gasteiger partial charge is 0.355 e. The first-order valence-corrected chi connectivity index (χ1v) is 13.7. The Hall–Kier alpha value is -2.80. The molecule has 0 spiro atoms. The van der Waals surface area contributed by atoms with Crippen LogP contribution in [0.1, 0.15) is 11.3 Å². The summed E-state index contributed by atoms with van der Waals surface area (Å²) in [6.07, 6.45) is 1.82. The fourth-order valence-electron chi connectivity index (χ4n) is 2.77. The first-order chi connectivity index (χ1) is 15.0. The summed E-state index contributed by atoms with van der Waals surface area (Å²) in [5.41, 5.74) is 2.18. The van der Waals surface area contributed by atoms with Crippen LogP contribution in [-0.2, 0) is 37.5 Å². The second-order valence-electron chi connectivity index (χ2n) is 7.03. The number of aromatic nitrogens is 1. The number of hydrogen-bond acceptors (Lipinski definition) is 8. The van der Waals surface area contributed by atoms with Gasteiger partial charge in [-0.2, -0.15) is 0 Å². The SMILES string of the molecule is CS(=O)(=O)c1ccc(Nc2nc(CC(=O)NCCc3ccc(S(N)(=O)=O)cc3)cs2)cc1. The summed E-state index contributed by atoms with van der Waals surface area (Å²) in [6, 6.07) is 12.5. The van der Waals surface area contributed by atoms with E-state index in [0.717, 1.165) is 11.8 Å². The smallest absolute Gasteiger partial charge is 0.238 e. The van der Waals surface area contributed by atoms with Gasteiger partial charge in [-0.05, 0) is 48.4 Å². The molecule has 0 radical (unpaired) electrons. The summed E-state index contributed by atoms with van der Waals surface area (Å²) in [5.74, 6) is -0.180. The maximum absolute atomic E-state index is 12.2. The van der Waals surface area contributed by atoms with E-state index in [1.54, 1.807) is 29.6 Å². The van der Waals surface area contributed by atoms with Crippen LogP contribution in [0.2, 0.25) is 0 Å². The average molecular weight is 495 g/mol. The first-order valence-electron chi connectivity index (χ1n) is 9.41. The molecule has 32 heavy (non-hydrogen) atoms. The minimum atomic E-state index is -3.72. The van der Waals surface area contributed by atoms with Gasteiger partial charge in [-0.15, -0.1) is 11.3 Å². The molecule has 1 amide bonds. The van der Waals surface area contributed by atoms with E-state index in [4.69, 9.17) is 5.14 Å². The van der Waals surface area contributed by atoms with Gasteiger partial charge in [0.2, 0.25) is 15.9 Å². The molecule has 0 unspecified atom stereocenters. The van der Waals surface area contributed by atoms with Crippen LogP contribution >= 0.6 is 11.3 Å². The summed E-state index contributed by atoms with van der Waals surface area (Å²) in [7, 11) is -6.97. The molecule has 12 heteroatoms. The second kappa shape index (κ2) is 9.77. The fourth-order valence-corrected chi connectivity index (χ4v) is 4.65. The van der Waals surface area contributed by atoms with E-state index in [9.17, 15) is 21.6 Å². The van der Waals surface area contributed by atoms with Crippen LogP contribution in [0.15, 0.2) is 63.7 Å². The predicted octanol–water partition coefficient (Wildman–Crippen LogP) is 1.84. The van der Waals surface area contributed by atoms with Gasteiger partial charge in [-0.25, -0.2) is 27.0 Å². The third-order valence-corrected chi connectivity index (χ3v) is 7.28. The molecule has 1 aromatic heterocycles. The third-order valence-electron chi connectivity index (χ3n) is 4.41. The number of nitrogens with one attached hydrogen (secondary N) is 2. The lowest BCUT2D eigenvalue weighted by Crippen LogP contribution is -2.27. The van der Waals surface area contributed by atoms with Crippen LogP contribution in [0.25, 0.3) is 0 Å². The molecule has 9 nitrogen and oxygen atoms in total. The number of anilines is 2. The summed E-state index contributed by atoms with van der Waals surface area (Å²) in [5, 5.41) is 13.3. The predicted molar refractivity (Wildman–Crippen MR) is 123 cm³/mol. The molecular formula is C20H22N4O5S3. The van der Waals surface area contributed by atoms with Crippen molar-refractivity contribution in [3.8, 4) is 0 Å². The number of carbonyl (C=O) groups is 1. The number of thiazole rings is 1. The molecule has 0 saturated heterocycles. The standard InChI is InChI=1S/C20H22N4O5S3/c1-31(26,27)17-8-4-15(5-9-17)23-20-24-16(13-30-20)12-19(25)22-11-10-14-2-6-18(7-3-14)32(21,28)29/h2-9,13H,10-12H2,1H3,(H,22,25)(H,23,24)(H2,21,28,29). The molecule has 0 fully saturated rings. The number of carbonyl (C=O) groups excluding carboxylic acids is 1. The number of amides is 1. The van der Waals surface area contributed by atoms with Crippen molar-refractivity contribution in [2.24, 2.45) is 5.14 Å². The Balaban J connectivity index is 1.47.